The molecule has 3 aromatic carbocycles. The molecule has 4 rings (SSSR count). The Morgan fingerprint density at radius 1 is 0.667 bits per heavy atom. The summed E-state index contributed by atoms with van der Waals surface area (Å²) in [7, 11) is 0. The van der Waals surface area contributed by atoms with Crippen molar-refractivity contribution < 1.29 is 9.47 Å². The maximum absolute atomic E-state index is 6.10. The molecule has 1 aliphatic rings. The molecule has 0 aromatic heterocycles. The molecule has 1 aliphatic heterocycles. The Balaban J connectivity index is 1.71. The van der Waals surface area contributed by atoms with Crippen LogP contribution in [0, 0.1) is 0 Å². The van der Waals surface area contributed by atoms with Crippen LogP contribution in [0.4, 0.5) is 0 Å². The molecule has 1 heterocycles. The summed E-state index contributed by atoms with van der Waals surface area (Å²) in [6.45, 7) is 1.86. The Kier molecular flexibility index (Phi) is 4.17. The molecule has 3 aromatic rings. The number of ether oxygens (including phenoxy) is 2. The number of hydrogen-bond acceptors (Lipinski definition) is 3. The fraction of sp³-hybridized carbons (Fsp3) is 0.143. The van der Waals surface area contributed by atoms with E-state index < -0.39 is 0 Å². The van der Waals surface area contributed by atoms with E-state index in [1.807, 2.05) is 60.7 Å². The van der Waals surface area contributed by atoms with E-state index in [1.165, 1.54) is 11.1 Å². The molecule has 3 heteroatoms. The van der Waals surface area contributed by atoms with Gasteiger partial charge in [0.25, 0.3) is 0 Å². The van der Waals surface area contributed by atoms with Gasteiger partial charge in [0.05, 0.1) is 0 Å². The minimum Gasteiger partial charge on any atom is -0.453 e. The lowest BCUT2D eigenvalue weighted by atomic mass is 10.0. The Morgan fingerprint density at radius 3 is 1.79 bits per heavy atom. The van der Waals surface area contributed by atoms with Crippen molar-refractivity contribution in [3.63, 3.8) is 0 Å². The molecule has 0 saturated carbocycles. The van der Waals surface area contributed by atoms with E-state index in [4.69, 9.17) is 9.47 Å². The predicted molar refractivity (Wildman–Crippen MR) is 94.9 cm³/mol. The predicted octanol–water partition coefficient (Wildman–Crippen LogP) is 4.92. The summed E-state index contributed by atoms with van der Waals surface area (Å²) in [4.78, 5) is 0. The molecule has 0 atom stereocenters. The number of fused-ring (bicyclic) bond motifs is 1. The monoisotopic (exact) mass is 317 g/mol. The van der Waals surface area contributed by atoms with Crippen LogP contribution in [0.2, 0.25) is 0 Å². The fourth-order valence-electron chi connectivity index (χ4n) is 2.88. The first kappa shape index (κ1) is 14.8. The van der Waals surface area contributed by atoms with Crippen LogP contribution in [-0.2, 0) is 13.0 Å². The van der Waals surface area contributed by atoms with Crippen LogP contribution in [0.5, 0.6) is 23.0 Å². The standard InChI is InChI=1S/C21H19NO2/c1-3-7-18(8-4-1)23-20-13-16-11-12-22-15-17(16)14-21(20)24-19-9-5-2-6-10-19/h1-10,13-14,22H,11-12,15H2. The summed E-state index contributed by atoms with van der Waals surface area (Å²) < 4.78 is 12.2. The largest absolute Gasteiger partial charge is 0.453 e. The highest BCUT2D eigenvalue weighted by molar-refractivity contribution is 5.51. The van der Waals surface area contributed by atoms with E-state index in [0.29, 0.717) is 0 Å². The van der Waals surface area contributed by atoms with E-state index in [2.05, 4.69) is 17.4 Å². The van der Waals surface area contributed by atoms with Gasteiger partial charge in [0.15, 0.2) is 11.5 Å². The van der Waals surface area contributed by atoms with Crippen molar-refractivity contribution in [1.29, 1.82) is 0 Å². The van der Waals surface area contributed by atoms with Crippen molar-refractivity contribution in [3.05, 3.63) is 83.9 Å². The topological polar surface area (TPSA) is 30.5 Å². The molecular formula is C21H19NO2. The average molecular weight is 317 g/mol. The van der Waals surface area contributed by atoms with Gasteiger partial charge in [-0.1, -0.05) is 36.4 Å². The second kappa shape index (κ2) is 6.77. The summed E-state index contributed by atoms with van der Waals surface area (Å²) in [5.74, 6) is 3.11. The molecule has 0 bridgehead atoms. The lowest BCUT2D eigenvalue weighted by Crippen LogP contribution is -2.23. The minimum absolute atomic E-state index is 0.743. The average Bonchev–Trinajstić information content (AvgIpc) is 2.64. The first-order chi connectivity index (χ1) is 11.9. The first-order valence-corrected chi connectivity index (χ1v) is 8.21. The zero-order valence-corrected chi connectivity index (χ0v) is 13.4. The third-order valence-corrected chi connectivity index (χ3v) is 4.09. The van der Waals surface area contributed by atoms with Gasteiger partial charge in [-0.2, -0.15) is 0 Å². The summed E-state index contributed by atoms with van der Waals surface area (Å²) in [5.41, 5.74) is 2.59. The van der Waals surface area contributed by atoms with Crippen molar-refractivity contribution in [1.82, 2.24) is 5.32 Å². The van der Waals surface area contributed by atoms with Crippen LogP contribution in [0.1, 0.15) is 11.1 Å². The van der Waals surface area contributed by atoms with E-state index in [0.717, 1.165) is 42.5 Å². The fourth-order valence-corrected chi connectivity index (χ4v) is 2.88. The second-order valence-electron chi connectivity index (χ2n) is 5.82. The van der Waals surface area contributed by atoms with Crippen LogP contribution in [0.25, 0.3) is 0 Å². The van der Waals surface area contributed by atoms with Crippen LogP contribution in [-0.4, -0.2) is 6.54 Å². The summed E-state index contributed by atoms with van der Waals surface area (Å²) in [5, 5.41) is 3.40. The number of nitrogens with one attached hydrogen (secondary N) is 1. The van der Waals surface area contributed by atoms with Crippen molar-refractivity contribution in [2.45, 2.75) is 13.0 Å². The smallest absolute Gasteiger partial charge is 0.170 e. The Hall–Kier alpha value is -2.78. The molecule has 0 spiro atoms. The molecule has 120 valence electrons. The number of rotatable bonds is 4. The van der Waals surface area contributed by atoms with Crippen molar-refractivity contribution in [3.8, 4) is 23.0 Å². The lowest BCUT2D eigenvalue weighted by molar-refractivity contribution is 0.416. The van der Waals surface area contributed by atoms with Crippen molar-refractivity contribution >= 4 is 0 Å². The number of para-hydroxylation sites is 2. The Bertz CT molecular complexity index is 746. The van der Waals surface area contributed by atoms with Gasteiger partial charge in [-0.3, -0.25) is 0 Å². The van der Waals surface area contributed by atoms with Crippen LogP contribution >= 0.6 is 0 Å². The third kappa shape index (κ3) is 3.26. The van der Waals surface area contributed by atoms with E-state index in [9.17, 15) is 0 Å². The highest BCUT2D eigenvalue weighted by Gasteiger charge is 2.16. The maximum atomic E-state index is 6.10. The van der Waals surface area contributed by atoms with E-state index >= 15 is 0 Å². The van der Waals surface area contributed by atoms with E-state index in [1.54, 1.807) is 0 Å². The van der Waals surface area contributed by atoms with Crippen LogP contribution in [0.3, 0.4) is 0 Å². The molecular weight excluding hydrogens is 298 g/mol. The molecule has 0 radical (unpaired) electrons. The molecule has 0 unspecified atom stereocenters. The van der Waals surface area contributed by atoms with Gasteiger partial charge in [0, 0.05) is 6.54 Å². The highest BCUT2D eigenvalue weighted by Crippen LogP contribution is 2.38. The zero-order chi connectivity index (χ0) is 16.2. The quantitative estimate of drug-likeness (QED) is 0.741. The molecule has 0 amide bonds. The first-order valence-electron chi connectivity index (χ1n) is 8.21. The van der Waals surface area contributed by atoms with Gasteiger partial charge < -0.3 is 14.8 Å². The van der Waals surface area contributed by atoms with Crippen molar-refractivity contribution in [2.75, 3.05) is 6.54 Å². The SMILES string of the molecule is c1ccc(Oc2cc3c(cc2Oc2ccccc2)CNCC3)cc1. The molecule has 0 saturated heterocycles. The molecule has 1 N–H and O–H groups in total. The van der Waals surface area contributed by atoms with Gasteiger partial charge in [0.1, 0.15) is 11.5 Å². The van der Waals surface area contributed by atoms with E-state index in [-0.39, 0.29) is 0 Å². The number of benzene rings is 3. The number of hydrogen-bond donors (Lipinski definition) is 1. The van der Waals surface area contributed by atoms with Gasteiger partial charge >= 0.3 is 0 Å². The zero-order valence-electron chi connectivity index (χ0n) is 13.4. The molecule has 0 aliphatic carbocycles. The van der Waals surface area contributed by atoms with Crippen LogP contribution in [0.15, 0.2) is 72.8 Å². The lowest BCUT2D eigenvalue weighted by Gasteiger charge is -2.21. The summed E-state index contributed by atoms with van der Waals surface area (Å²) in [6.07, 6.45) is 1.01. The second-order valence-corrected chi connectivity index (χ2v) is 5.82. The van der Waals surface area contributed by atoms with Gasteiger partial charge in [-0.25, -0.2) is 0 Å². The summed E-state index contributed by atoms with van der Waals surface area (Å²) in [6, 6.07) is 23.8. The molecule has 0 fully saturated rings. The molecule has 24 heavy (non-hydrogen) atoms. The minimum atomic E-state index is 0.743. The highest BCUT2D eigenvalue weighted by atomic mass is 16.5. The Morgan fingerprint density at radius 2 is 1.21 bits per heavy atom. The summed E-state index contributed by atoms with van der Waals surface area (Å²) >= 11 is 0. The van der Waals surface area contributed by atoms with Gasteiger partial charge in [-0.15, -0.1) is 0 Å². The maximum Gasteiger partial charge on any atom is 0.170 e. The van der Waals surface area contributed by atoms with Crippen LogP contribution < -0.4 is 14.8 Å². The van der Waals surface area contributed by atoms with Gasteiger partial charge in [0.2, 0.25) is 0 Å². The Labute approximate surface area is 141 Å². The molecule has 3 nitrogen and oxygen atoms in total. The third-order valence-electron chi connectivity index (χ3n) is 4.09. The van der Waals surface area contributed by atoms with Gasteiger partial charge in [-0.05, 0) is 60.5 Å². The normalized spacial score (nSPS) is 13.2. The van der Waals surface area contributed by atoms with Crippen molar-refractivity contribution in [2.24, 2.45) is 0 Å².